The molecule has 10 nitrogen and oxygen atoms in total. The van der Waals surface area contributed by atoms with Crippen LogP contribution >= 0.6 is 0 Å². The predicted octanol–water partition coefficient (Wildman–Crippen LogP) is 1.93. The lowest BCUT2D eigenvalue weighted by atomic mass is 9.50. The van der Waals surface area contributed by atoms with Gasteiger partial charge in [0.15, 0.2) is 11.1 Å². The molecular weight excluding hydrogens is 618 g/mol. The van der Waals surface area contributed by atoms with E-state index in [2.05, 4.69) is 39.2 Å². The smallest absolute Gasteiger partial charge is 0.328 e. The van der Waals surface area contributed by atoms with Gasteiger partial charge in [0, 0.05) is 35.6 Å². The van der Waals surface area contributed by atoms with Gasteiger partial charge in [0.25, 0.3) is 7.41 Å². The number of hydrogen-bond acceptors (Lipinski definition) is 8. The van der Waals surface area contributed by atoms with E-state index >= 15 is 0 Å². The molecule has 0 bridgehead atoms. The molecule has 0 unspecified atom stereocenters. The molecule has 4 heterocycles. The second kappa shape index (κ2) is 13.7. The lowest BCUT2D eigenvalue weighted by molar-refractivity contribution is 1.10. The van der Waals surface area contributed by atoms with Crippen molar-refractivity contribution in [3.63, 3.8) is 0 Å². The Bertz CT molecular complexity index is 2580. The van der Waals surface area contributed by atoms with Crippen molar-refractivity contribution in [1.29, 1.82) is 21.0 Å². The molecule has 0 amide bonds. The highest BCUT2D eigenvalue weighted by atomic mass is 15.0. The number of fused-ring (bicyclic) bond motifs is 1. The summed E-state index contributed by atoms with van der Waals surface area (Å²) in [5, 5.41) is 43.8. The van der Waals surface area contributed by atoms with Gasteiger partial charge in [0.1, 0.15) is 35.7 Å². The van der Waals surface area contributed by atoms with E-state index in [1.54, 1.807) is 37.2 Å². The van der Waals surface area contributed by atoms with Crippen LogP contribution in [-0.2, 0) is 0 Å². The maximum absolute atomic E-state index is 10.6. The van der Waals surface area contributed by atoms with Crippen molar-refractivity contribution in [2.24, 2.45) is 0 Å². The lowest BCUT2D eigenvalue weighted by Gasteiger charge is -2.21. The van der Waals surface area contributed by atoms with E-state index in [4.69, 9.17) is 4.98 Å². The Morgan fingerprint density at radius 3 is 1.50 bits per heavy atom. The van der Waals surface area contributed by atoms with Crippen molar-refractivity contribution < 1.29 is 0 Å². The fourth-order valence-electron chi connectivity index (χ4n) is 6.50. The van der Waals surface area contributed by atoms with Crippen molar-refractivity contribution >= 4 is 52.6 Å². The molecule has 7 rings (SSSR count). The zero-order chi connectivity index (χ0) is 34.5. The Kier molecular flexibility index (Phi) is 8.50. The Morgan fingerprint density at radius 1 is 0.560 bits per heavy atom. The third kappa shape index (κ3) is 5.36. The fourth-order valence-corrected chi connectivity index (χ4v) is 6.50. The van der Waals surface area contributed by atoms with E-state index in [0.29, 0.717) is 38.9 Å². The van der Waals surface area contributed by atoms with E-state index in [1.165, 1.54) is 0 Å². The first-order chi connectivity index (χ1) is 24.7. The summed E-state index contributed by atoms with van der Waals surface area (Å²) in [6, 6.07) is 37.6. The summed E-state index contributed by atoms with van der Waals surface area (Å²) < 4.78 is 3.77. The molecule has 0 saturated heterocycles. The van der Waals surface area contributed by atoms with Crippen LogP contribution in [0.2, 0.25) is 0 Å². The molecule has 7 aromatic rings. The second-order valence-corrected chi connectivity index (χ2v) is 11.2. The Labute approximate surface area is 287 Å². The quantitative estimate of drug-likeness (QED) is 0.240. The van der Waals surface area contributed by atoms with Gasteiger partial charge in [-0.15, -0.1) is 0 Å². The molecule has 0 fully saturated rings. The molecule has 0 N–H and O–H groups in total. The van der Waals surface area contributed by atoms with Crippen LogP contribution in [0.3, 0.4) is 0 Å². The molecule has 12 heteroatoms. The van der Waals surface area contributed by atoms with Gasteiger partial charge < -0.3 is 8.96 Å². The Morgan fingerprint density at radius 2 is 1.02 bits per heavy atom. The highest BCUT2D eigenvalue weighted by molar-refractivity contribution is 6.84. The summed E-state index contributed by atoms with van der Waals surface area (Å²) in [6.45, 7) is -0.591. The Balaban J connectivity index is 1.85. The van der Waals surface area contributed by atoms with Crippen molar-refractivity contribution in [1.82, 2.24) is 28.9 Å². The molecular formula is C38H22B2N10. The summed E-state index contributed by atoms with van der Waals surface area (Å²) in [6.07, 6.45) is 9.40. The van der Waals surface area contributed by atoms with E-state index in [-0.39, 0.29) is 23.9 Å². The number of nitrogens with zero attached hydrogens (tertiary/aromatic N) is 10. The van der Waals surface area contributed by atoms with Crippen LogP contribution in [0.25, 0.3) is 44.7 Å². The minimum atomic E-state index is -0.591. The molecule has 0 saturated carbocycles. The predicted molar refractivity (Wildman–Crippen MR) is 192 cm³/mol. The van der Waals surface area contributed by atoms with Crippen LogP contribution in [0.15, 0.2) is 128 Å². The first-order valence-electron chi connectivity index (χ1n) is 15.5. The lowest BCUT2D eigenvalue weighted by Crippen LogP contribution is -2.53. The molecule has 0 radical (unpaired) electrons. The van der Waals surface area contributed by atoms with Gasteiger partial charge in [-0.1, -0.05) is 107 Å². The topological polar surface area (TPSA) is 157 Å². The zero-order valence-corrected chi connectivity index (χ0v) is 26.4. The van der Waals surface area contributed by atoms with E-state index in [1.807, 2.05) is 100.0 Å². The summed E-state index contributed by atoms with van der Waals surface area (Å²) in [5.41, 5.74) is 4.06. The minimum absolute atomic E-state index is 0.165. The van der Waals surface area contributed by atoms with E-state index in [0.717, 1.165) is 16.4 Å². The maximum atomic E-state index is 10.6. The molecule has 0 spiro atoms. The summed E-state index contributed by atoms with van der Waals surface area (Å²) in [4.78, 5) is 18.2. The number of hydrogen-bond donors (Lipinski definition) is 0. The largest absolute Gasteiger partial charge is 0.380 e. The fraction of sp³-hybridized carbons (Fsp3) is 0. The molecule has 230 valence electrons. The standard InChI is InChI=1S/C38H22B2N10/c41-20-26(21-42)35-33-34(37(31-24-45-16-18-47-31)49(35)39-28-10-4-1-5-11-28)36(27(22-43)23-44)50(38(33)32-25-46-17-19-48-32)40(29-12-6-2-7-13-29)30-14-8-3-9-15-30/h1-19,24-25,39H. The van der Waals surface area contributed by atoms with Gasteiger partial charge in [-0.2, -0.15) is 21.0 Å². The SMILES string of the molecule is N#CC(C#N)=c1c2c(-c3cnccn3)n(B(c3ccccc3)c3ccccc3)c(=C(C#N)C#N)c2c(-c2cnccn2)n1Bc1ccccc1. The minimum Gasteiger partial charge on any atom is -0.380 e. The van der Waals surface area contributed by atoms with Gasteiger partial charge in [-0.25, -0.2) is 0 Å². The average molecular weight is 640 g/mol. The Hall–Kier alpha value is -7.53. The molecule has 4 aromatic heterocycles. The second-order valence-electron chi connectivity index (χ2n) is 11.2. The average Bonchev–Trinajstić information content (AvgIpc) is 3.67. The molecule has 0 aliphatic heterocycles. The van der Waals surface area contributed by atoms with Crippen molar-refractivity contribution in [3.05, 3.63) is 139 Å². The van der Waals surface area contributed by atoms with Crippen LogP contribution in [0.4, 0.5) is 0 Å². The van der Waals surface area contributed by atoms with Gasteiger partial charge in [0.2, 0.25) is 0 Å². The zero-order valence-electron chi connectivity index (χ0n) is 26.4. The molecule has 0 aliphatic carbocycles. The number of rotatable bonds is 7. The van der Waals surface area contributed by atoms with Crippen LogP contribution in [-0.4, -0.2) is 43.2 Å². The first-order valence-corrected chi connectivity index (χ1v) is 15.5. The van der Waals surface area contributed by atoms with E-state index in [9.17, 15) is 21.0 Å². The molecule has 3 aromatic carbocycles. The normalized spacial score (nSPS) is 10.3. The van der Waals surface area contributed by atoms with Crippen molar-refractivity contribution in [2.45, 2.75) is 0 Å². The monoisotopic (exact) mass is 640 g/mol. The molecule has 0 aliphatic rings. The summed E-state index contributed by atoms with van der Waals surface area (Å²) >= 11 is 0. The van der Waals surface area contributed by atoms with Crippen molar-refractivity contribution in [3.8, 4) is 47.1 Å². The van der Waals surface area contributed by atoms with Gasteiger partial charge in [0.05, 0.1) is 34.5 Å². The van der Waals surface area contributed by atoms with Crippen molar-refractivity contribution in [2.75, 3.05) is 0 Å². The van der Waals surface area contributed by atoms with Crippen LogP contribution in [0, 0.1) is 45.3 Å². The van der Waals surface area contributed by atoms with Crippen LogP contribution in [0.5, 0.6) is 0 Å². The number of benzene rings is 3. The highest BCUT2D eigenvalue weighted by Crippen LogP contribution is 2.32. The van der Waals surface area contributed by atoms with Gasteiger partial charge in [-0.3, -0.25) is 19.9 Å². The highest BCUT2D eigenvalue weighted by Gasteiger charge is 2.34. The number of nitriles is 4. The van der Waals surface area contributed by atoms with Gasteiger partial charge >= 0.3 is 6.85 Å². The van der Waals surface area contributed by atoms with Gasteiger partial charge in [-0.05, 0) is 0 Å². The van der Waals surface area contributed by atoms with Crippen LogP contribution < -0.4 is 27.1 Å². The first kappa shape index (κ1) is 31.1. The molecule has 0 atom stereocenters. The summed E-state index contributed by atoms with van der Waals surface area (Å²) in [5.74, 6) is 0. The maximum Gasteiger partial charge on any atom is 0.328 e. The number of aromatic nitrogens is 6. The van der Waals surface area contributed by atoms with E-state index < -0.39 is 6.85 Å². The third-order valence-electron chi connectivity index (χ3n) is 8.42. The van der Waals surface area contributed by atoms with Crippen LogP contribution in [0.1, 0.15) is 0 Å². The third-order valence-corrected chi connectivity index (χ3v) is 8.42. The molecule has 50 heavy (non-hydrogen) atoms. The summed E-state index contributed by atoms with van der Waals surface area (Å²) in [7, 11) is 0.234.